The topological polar surface area (TPSA) is 131 Å². The average Bonchev–Trinajstić information content (AvgIpc) is 2.81. The molecule has 0 fully saturated rings. The largest absolute Gasteiger partial charge is 0.504 e. The van der Waals surface area contributed by atoms with Gasteiger partial charge in [-0.05, 0) is 43.8 Å². The third-order valence-corrected chi connectivity index (χ3v) is 4.75. The number of aliphatic carboxylic acids is 1. The normalized spacial score (nSPS) is 14.2. The quantitative estimate of drug-likeness (QED) is 0.381. The minimum Gasteiger partial charge on any atom is -0.504 e. The van der Waals surface area contributed by atoms with Crippen molar-refractivity contribution in [1.82, 2.24) is 4.90 Å². The van der Waals surface area contributed by atoms with Crippen molar-refractivity contribution in [2.75, 3.05) is 20.6 Å². The minimum atomic E-state index is -0.985. The third kappa shape index (κ3) is 3.93. The molecule has 2 aromatic carbocycles. The first-order chi connectivity index (χ1) is 13.7. The lowest BCUT2D eigenvalue weighted by Crippen LogP contribution is -2.12. The molecule has 0 saturated carbocycles. The smallest absolute Gasteiger partial charge is 0.307 e. The van der Waals surface area contributed by atoms with Gasteiger partial charge in [0.25, 0.3) is 0 Å². The monoisotopic (exact) mass is 401 g/mol. The summed E-state index contributed by atoms with van der Waals surface area (Å²) < 4.78 is 5.76. The molecule has 3 rings (SSSR count). The standard InChI is InChI=1S/C21H23NO7/c1-22(2)7-3-4-12-13-8-11(9-16(23)24)5-6-15(13)29-10-14-17(12)19(26)21(28)20(27)18(14)25/h4-6,8,25-28H,3,7,9-10H2,1-2H3,(H,23,24). The number of benzene rings is 2. The summed E-state index contributed by atoms with van der Waals surface area (Å²) in [5, 5.41) is 50.0. The number of carboxylic acid groups (broad SMARTS) is 1. The highest BCUT2D eigenvalue weighted by Gasteiger charge is 2.30. The third-order valence-electron chi connectivity index (χ3n) is 4.75. The fraction of sp³-hybridized carbons (Fsp3) is 0.286. The average molecular weight is 401 g/mol. The number of nitrogens with zero attached hydrogens (tertiary/aromatic N) is 1. The fourth-order valence-electron chi connectivity index (χ4n) is 3.34. The maximum Gasteiger partial charge on any atom is 0.307 e. The number of hydrogen-bond donors (Lipinski definition) is 5. The highest BCUT2D eigenvalue weighted by molar-refractivity contribution is 5.91. The molecule has 0 spiro atoms. The summed E-state index contributed by atoms with van der Waals surface area (Å²) in [6.45, 7) is 0.541. The number of aromatic hydroxyl groups is 4. The second-order valence-corrected chi connectivity index (χ2v) is 7.15. The number of carboxylic acids is 1. The molecule has 0 amide bonds. The second kappa shape index (κ2) is 7.92. The molecule has 1 heterocycles. The lowest BCUT2D eigenvalue weighted by Gasteiger charge is -2.16. The van der Waals surface area contributed by atoms with Crippen molar-refractivity contribution in [2.24, 2.45) is 0 Å². The van der Waals surface area contributed by atoms with Gasteiger partial charge < -0.3 is 35.2 Å². The molecule has 8 heteroatoms. The minimum absolute atomic E-state index is 0.130. The molecule has 0 bridgehead atoms. The first kappa shape index (κ1) is 20.3. The van der Waals surface area contributed by atoms with Crippen molar-refractivity contribution >= 4 is 11.5 Å². The zero-order chi connectivity index (χ0) is 21.3. The van der Waals surface area contributed by atoms with Crippen molar-refractivity contribution in [3.8, 4) is 28.7 Å². The van der Waals surface area contributed by atoms with Gasteiger partial charge in [-0.1, -0.05) is 12.1 Å². The van der Waals surface area contributed by atoms with Crippen LogP contribution < -0.4 is 4.74 Å². The number of phenolic OH excluding ortho intramolecular Hbond substituents is 4. The van der Waals surface area contributed by atoms with Crippen molar-refractivity contribution in [3.63, 3.8) is 0 Å². The number of phenols is 4. The van der Waals surface area contributed by atoms with Gasteiger partial charge in [0.1, 0.15) is 12.4 Å². The predicted octanol–water partition coefficient (Wildman–Crippen LogP) is 2.41. The van der Waals surface area contributed by atoms with E-state index in [1.165, 1.54) is 0 Å². The van der Waals surface area contributed by atoms with Crippen LogP contribution in [0, 0.1) is 0 Å². The van der Waals surface area contributed by atoms with Gasteiger partial charge in [-0.15, -0.1) is 0 Å². The van der Waals surface area contributed by atoms with Crippen LogP contribution in [0.25, 0.3) is 5.57 Å². The van der Waals surface area contributed by atoms with Crippen LogP contribution >= 0.6 is 0 Å². The summed E-state index contributed by atoms with van der Waals surface area (Å²) >= 11 is 0. The molecule has 8 nitrogen and oxygen atoms in total. The van der Waals surface area contributed by atoms with Gasteiger partial charge in [0, 0.05) is 23.2 Å². The van der Waals surface area contributed by atoms with Gasteiger partial charge in [0.15, 0.2) is 11.5 Å². The Labute approximate surface area is 167 Å². The molecule has 2 aromatic rings. The van der Waals surface area contributed by atoms with Crippen LogP contribution in [0.4, 0.5) is 0 Å². The highest BCUT2D eigenvalue weighted by Crippen LogP contribution is 2.52. The van der Waals surface area contributed by atoms with Gasteiger partial charge in [0.05, 0.1) is 6.42 Å². The maximum absolute atomic E-state index is 11.1. The lowest BCUT2D eigenvalue weighted by molar-refractivity contribution is -0.136. The van der Waals surface area contributed by atoms with E-state index in [1.54, 1.807) is 18.2 Å². The highest BCUT2D eigenvalue weighted by atomic mass is 16.5. The van der Waals surface area contributed by atoms with E-state index in [0.717, 1.165) is 0 Å². The van der Waals surface area contributed by atoms with Crippen LogP contribution in [0.1, 0.15) is 28.7 Å². The fourth-order valence-corrected chi connectivity index (χ4v) is 3.34. The van der Waals surface area contributed by atoms with Crippen molar-refractivity contribution < 1.29 is 35.1 Å². The number of rotatable bonds is 5. The number of ether oxygens (including phenoxy) is 1. The van der Waals surface area contributed by atoms with Crippen LogP contribution in [0.2, 0.25) is 0 Å². The molecule has 154 valence electrons. The number of carbonyl (C=O) groups is 1. The van der Waals surface area contributed by atoms with Crippen LogP contribution in [-0.2, 0) is 17.8 Å². The first-order valence-corrected chi connectivity index (χ1v) is 9.02. The summed E-state index contributed by atoms with van der Waals surface area (Å²) in [6, 6.07) is 4.92. The summed E-state index contributed by atoms with van der Waals surface area (Å²) in [5.74, 6) is -3.36. The van der Waals surface area contributed by atoms with Crippen LogP contribution in [0.3, 0.4) is 0 Å². The summed E-state index contributed by atoms with van der Waals surface area (Å²) in [6.07, 6.45) is 2.21. The molecular weight excluding hydrogens is 378 g/mol. The zero-order valence-corrected chi connectivity index (χ0v) is 16.1. The summed E-state index contributed by atoms with van der Waals surface area (Å²) in [4.78, 5) is 13.1. The van der Waals surface area contributed by atoms with E-state index < -0.39 is 29.0 Å². The Morgan fingerprint density at radius 2 is 1.79 bits per heavy atom. The summed E-state index contributed by atoms with van der Waals surface area (Å²) in [5.41, 5.74) is 1.81. The van der Waals surface area contributed by atoms with Gasteiger partial charge >= 0.3 is 5.97 Å². The Morgan fingerprint density at radius 3 is 2.45 bits per heavy atom. The van der Waals surface area contributed by atoms with E-state index in [-0.39, 0.29) is 24.2 Å². The molecule has 0 atom stereocenters. The molecule has 1 aliphatic rings. The van der Waals surface area contributed by atoms with Gasteiger partial charge in [-0.2, -0.15) is 0 Å². The second-order valence-electron chi connectivity index (χ2n) is 7.15. The van der Waals surface area contributed by atoms with E-state index in [9.17, 15) is 25.2 Å². The molecule has 0 aromatic heterocycles. The lowest BCUT2D eigenvalue weighted by atomic mass is 9.90. The van der Waals surface area contributed by atoms with E-state index in [0.29, 0.717) is 35.4 Å². The Hall–Kier alpha value is -3.39. The molecule has 0 aliphatic carbocycles. The summed E-state index contributed by atoms with van der Waals surface area (Å²) in [7, 11) is 3.82. The van der Waals surface area contributed by atoms with Gasteiger partial charge in [0.2, 0.25) is 11.5 Å². The van der Waals surface area contributed by atoms with E-state index in [4.69, 9.17) is 9.84 Å². The molecule has 29 heavy (non-hydrogen) atoms. The Morgan fingerprint density at radius 1 is 1.10 bits per heavy atom. The van der Waals surface area contributed by atoms with Gasteiger partial charge in [-0.25, -0.2) is 0 Å². The van der Waals surface area contributed by atoms with Crippen LogP contribution in [0.15, 0.2) is 24.3 Å². The molecule has 1 aliphatic heterocycles. The number of hydrogen-bond acceptors (Lipinski definition) is 7. The van der Waals surface area contributed by atoms with E-state index in [2.05, 4.69) is 0 Å². The first-order valence-electron chi connectivity index (χ1n) is 9.02. The predicted molar refractivity (Wildman–Crippen MR) is 105 cm³/mol. The molecule has 5 N–H and O–H groups in total. The zero-order valence-electron chi connectivity index (χ0n) is 16.1. The Kier molecular flexibility index (Phi) is 5.56. The van der Waals surface area contributed by atoms with E-state index in [1.807, 2.05) is 25.1 Å². The van der Waals surface area contributed by atoms with Crippen molar-refractivity contribution in [2.45, 2.75) is 19.4 Å². The van der Waals surface area contributed by atoms with E-state index >= 15 is 0 Å². The van der Waals surface area contributed by atoms with Crippen molar-refractivity contribution in [1.29, 1.82) is 0 Å². The maximum atomic E-state index is 11.1. The molecule has 0 unspecified atom stereocenters. The Balaban J connectivity index is 2.25. The number of fused-ring (bicyclic) bond motifs is 2. The van der Waals surface area contributed by atoms with Gasteiger partial charge in [-0.3, -0.25) is 4.79 Å². The van der Waals surface area contributed by atoms with Crippen LogP contribution in [0.5, 0.6) is 28.7 Å². The van der Waals surface area contributed by atoms with Crippen molar-refractivity contribution in [3.05, 3.63) is 46.5 Å². The molecule has 0 saturated heterocycles. The van der Waals surface area contributed by atoms with Crippen LogP contribution in [-0.4, -0.2) is 57.0 Å². The molecular formula is C21H23NO7. The SMILES string of the molecule is CN(C)CCC=C1c2cc(CC(=O)O)ccc2OCc2c(O)c(O)c(O)c(O)c21. The molecule has 0 radical (unpaired) electrons. The Bertz CT molecular complexity index is 995.